The Morgan fingerprint density at radius 3 is 2.30 bits per heavy atom. The number of benzene rings is 2. The fraction of sp³-hybridized carbons (Fsp3) is 0.143. The summed E-state index contributed by atoms with van der Waals surface area (Å²) in [5.41, 5.74) is 6.17. The Hall–Kier alpha value is -1.69. The van der Waals surface area contributed by atoms with Crippen LogP contribution in [-0.4, -0.2) is 0 Å². The summed E-state index contributed by atoms with van der Waals surface area (Å²) in [6, 6.07) is 9.00. The van der Waals surface area contributed by atoms with Crippen LogP contribution in [0.25, 0.3) is 0 Å². The maximum absolute atomic E-state index is 13.0. The second-order valence-corrected chi connectivity index (χ2v) is 5.30. The third-order valence-corrected chi connectivity index (χ3v) is 3.30. The summed E-state index contributed by atoms with van der Waals surface area (Å²) in [5, 5.41) is 2.81. The molecule has 0 saturated heterocycles. The normalized spacial score (nSPS) is 11.4. The average Bonchev–Trinajstić information content (AvgIpc) is 2.33. The van der Waals surface area contributed by atoms with Gasteiger partial charge in [-0.3, -0.25) is 0 Å². The van der Waals surface area contributed by atoms with Gasteiger partial charge in [0.2, 0.25) is 0 Å². The molecule has 0 atom stereocenters. The first-order valence-corrected chi connectivity index (χ1v) is 6.56. The molecular weight excluding hydrogens is 333 g/mol. The van der Waals surface area contributed by atoms with E-state index in [4.69, 9.17) is 5.73 Å². The van der Waals surface area contributed by atoms with Crippen LogP contribution in [0.3, 0.4) is 0 Å². The van der Waals surface area contributed by atoms with Gasteiger partial charge in [-0.1, -0.05) is 15.9 Å². The van der Waals surface area contributed by atoms with E-state index < -0.39 is 11.7 Å². The number of hydrogen-bond donors (Lipinski definition) is 2. The van der Waals surface area contributed by atoms with E-state index >= 15 is 0 Å². The van der Waals surface area contributed by atoms with Gasteiger partial charge in [0.1, 0.15) is 0 Å². The molecule has 6 heteroatoms. The quantitative estimate of drug-likeness (QED) is 0.743. The molecule has 20 heavy (non-hydrogen) atoms. The van der Waals surface area contributed by atoms with Gasteiger partial charge in [0.05, 0.1) is 11.3 Å². The SMILES string of the molecule is Cc1cc(Br)ccc1Nc1ccc(N)cc1C(F)(F)F. The van der Waals surface area contributed by atoms with Crippen LogP contribution in [0.1, 0.15) is 11.1 Å². The van der Waals surface area contributed by atoms with Gasteiger partial charge in [0, 0.05) is 15.8 Å². The van der Waals surface area contributed by atoms with Crippen LogP contribution in [0.15, 0.2) is 40.9 Å². The predicted molar refractivity (Wildman–Crippen MR) is 78.0 cm³/mol. The van der Waals surface area contributed by atoms with Gasteiger partial charge in [0.15, 0.2) is 0 Å². The lowest BCUT2D eigenvalue weighted by atomic mass is 10.1. The van der Waals surface area contributed by atoms with Gasteiger partial charge in [-0.2, -0.15) is 13.2 Å². The maximum Gasteiger partial charge on any atom is 0.418 e. The van der Waals surface area contributed by atoms with Gasteiger partial charge in [-0.15, -0.1) is 0 Å². The molecule has 2 aromatic carbocycles. The lowest BCUT2D eigenvalue weighted by molar-refractivity contribution is -0.136. The van der Waals surface area contributed by atoms with Crippen LogP contribution < -0.4 is 11.1 Å². The molecule has 0 aliphatic rings. The molecule has 0 bridgehead atoms. The van der Waals surface area contributed by atoms with Crippen LogP contribution >= 0.6 is 15.9 Å². The van der Waals surface area contributed by atoms with Crippen molar-refractivity contribution in [2.45, 2.75) is 13.1 Å². The van der Waals surface area contributed by atoms with Crippen molar-refractivity contribution >= 4 is 33.0 Å². The molecule has 0 aliphatic heterocycles. The van der Waals surface area contributed by atoms with Crippen LogP contribution in [0.2, 0.25) is 0 Å². The molecule has 2 nitrogen and oxygen atoms in total. The van der Waals surface area contributed by atoms with E-state index in [1.54, 1.807) is 12.1 Å². The zero-order valence-corrected chi connectivity index (χ0v) is 12.1. The molecule has 0 fully saturated rings. The highest BCUT2D eigenvalue weighted by atomic mass is 79.9. The lowest BCUT2D eigenvalue weighted by Crippen LogP contribution is -2.10. The van der Waals surface area contributed by atoms with E-state index in [2.05, 4.69) is 21.2 Å². The molecule has 106 valence electrons. The number of halogens is 4. The van der Waals surface area contributed by atoms with Crippen molar-refractivity contribution in [1.82, 2.24) is 0 Å². The molecule has 0 radical (unpaired) electrons. The van der Waals surface area contributed by atoms with E-state index in [-0.39, 0.29) is 11.4 Å². The molecular formula is C14H12BrF3N2. The number of nitrogens with one attached hydrogen (secondary N) is 1. The van der Waals surface area contributed by atoms with Gasteiger partial charge in [0.25, 0.3) is 0 Å². The molecule has 0 aliphatic carbocycles. The number of hydrogen-bond acceptors (Lipinski definition) is 2. The molecule has 0 saturated carbocycles. The minimum Gasteiger partial charge on any atom is -0.399 e. The predicted octanol–water partition coefficient (Wildman–Crippen LogP) is 5.10. The number of alkyl halides is 3. The fourth-order valence-corrected chi connectivity index (χ4v) is 2.29. The third kappa shape index (κ3) is 3.25. The number of anilines is 3. The summed E-state index contributed by atoms with van der Waals surface area (Å²) >= 11 is 3.31. The number of rotatable bonds is 2. The van der Waals surface area contributed by atoms with Gasteiger partial charge in [-0.05, 0) is 48.9 Å². The first-order chi connectivity index (χ1) is 9.27. The van der Waals surface area contributed by atoms with Crippen molar-refractivity contribution in [3.63, 3.8) is 0 Å². The van der Waals surface area contributed by atoms with Crippen molar-refractivity contribution in [1.29, 1.82) is 0 Å². The van der Waals surface area contributed by atoms with Gasteiger partial charge < -0.3 is 11.1 Å². The maximum atomic E-state index is 13.0. The van der Waals surface area contributed by atoms with E-state index in [1.807, 2.05) is 13.0 Å². The zero-order valence-electron chi connectivity index (χ0n) is 10.6. The number of aryl methyl sites for hydroxylation is 1. The lowest BCUT2D eigenvalue weighted by Gasteiger charge is -2.16. The van der Waals surface area contributed by atoms with E-state index in [0.29, 0.717) is 5.69 Å². The standard InChI is InChI=1S/C14H12BrF3N2/c1-8-6-9(15)2-4-12(8)20-13-5-3-10(19)7-11(13)14(16,17)18/h2-7,20H,19H2,1H3. The average molecular weight is 345 g/mol. The first-order valence-electron chi connectivity index (χ1n) is 5.77. The second kappa shape index (κ2) is 5.36. The Morgan fingerprint density at radius 2 is 1.70 bits per heavy atom. The van der Waals surface area contributed by atoms with E-state index in [1.165, 1.54) is 12.1 Å². The van der Waals surface area contributed by atoms with Crippen molar-refractivity contribution in [2.75, 3.05) is 11.1 Å². The highest BCUT2D eigenvalue weighted by molar-refractivity contribution is 9.10. The molecule has 0 unspecified atom stereocenters. The Kier molecular flexibility index (Phi) is 3.94. The van der Waals surface area contributed by atoms with Gasteiger partial charge in [-0.25, -0.2) is 0 Å². The Bertz CT molecular complexity index is 639. The first kappa shape index (κ1) is 14.7. The molecule has 0 amide bonds. The topological polar surface area (TPSA) is 38.0 Å². The van der Waals surface area contributed by atoms with Crippen LogP contribution in [0, 0.1) is 6.92 Å². The third-order valence-electron chi connectivity index (χ3n) is 2.81. The number of nitrogen functional groups attached to an aromatic ring is 1. The molecule has 2 aromatic rings. The summed E-state index contributed by atoms with van der Waals surface area (Å²) in [7, 11) is 0. The highest BCUT2D eigenvalue weighted by Crippen LogP contribution is 2.37. The Balaban J connectivity index is 2.43. The molecule has 0 aromatic heterocycles. The smallest absolute Gasteiger partial charge is 0.399 e. The summed E-state index contributed by atoms with van der Waals surface area (Å²) in [4.78, 5) is 0. The molecule has 0 heterocycles. The van der Waals surface area contributed by atoms with Crippen LogP contribution in [-0.2, 0) is 6.18 Å². The van der Waals surface area contributed by atoms with Crippen LogP contribution in [0.4, 0.5) is 30.2 Å². The zero-order chi connectivity index (χ0) is 14.9. The molecule has 0 spiro atoms. The second-order valence-electron chi connectivity index (χ2n) is 4.39. The summed E-state index contributed by atoms with van der Waals surface area (Å²) < 4.78 is 39.8. The highest BCUT2D eigenvalue weighted by Gasteiger charge is 2.33. The van der Waals surface area contributed by atoms with Crippen LogP contribution in [0.5, 0.6) is 0 Å². The summed E-state index contributed by atoms with van der Waals surface area (Å²) in [6.45, 7) is 1.82. The van der Waals surface area contributed by atoms with Crippen molar-refractivity contribution in [3.05, 3.63) is 52.0 Å². The number of nitrogens with two attached hydrogens (primary N) is 1. The minimum atomic E-state index is -4.46. The minimum absolute atomic E-state index is 0.0166. The molecule has 2 rings (SSSR count). The van der Waals surface area contributed by atoms with E-state index in [9.17, 15) is 13.2 Å². The van der Waals surface area contributed by atoms with E-state index in [0.717, 1.165) is 16.1 Å². The van der Waals surface area contributed by atoms with Gasteiger partial charge >= 0.3 is 6.18 Å². The monoisotopic (exact) mass is 344 g/mol. The summed E-state index contributed by atoms with van der Waals surface area (Å²) in [6.07, 6.45) is -4.46. The Labute approximate surface area is 122 Å². The van der Waals surface area contributed by atoms with Crippen molar-refractivity contribution in [3.8, 4) is 0 Å². The fourth-order valence-electron chi connectivity index (χ4n) is 1.82. The Morgan fingerprint density at radius 1 is 1.05 bits per heavy atom. The van der Waals surface area contributed by atoms with Crippen molar-refractivity contribution < 1.29 is 13.2 Å². The largest absolute Gasteiger partial charge is 0.418 e. The molecule has 3 N–H and O–H groups in total. The summed E-state index contributed by atoms with van der Waals surface area (Å²) in [5.74, 6) is 0. The van der Waals surface area contributed by atoms with Crippen molar-refractivity contribution in [2.24, 2.45) is 0 Å².